The summed E-state index contributed by atoms with van der Waals surface area (Å²) in [4.78, 5) is 47.8. The highest BCUT2D eigenvalue weighted by molar-refractivity contribution is 6.04. The van der Waals surface area contributed by atoms with Gasteiger partial charge in [0.15, 0.2) is 0 Å². The standard InChI is InChI=1S/C20H24N4O4/c1-23-12-13(28-2)11-20(18(23)26)7-9-24(10-8-20)17(25)16-14-5-3-4-6-15(14)21-19(27)22-16/h3-6,13H,7-12H2,1-2H3,(H,21,22,27). The smallest absolute Gasteiger partial charge is 0.346 e. The predicted molar refractivity (Wildman–Crippen MR) is 103 cm³/mol. The van der Waals surface area contributed by atoms with Crippen LogP contribution < -0.4 is 5.69 Å². The van der Waals surface area contributed by atoms with E-state index in [4.69, 9.17) is 4.74 Å². The molecular formula is C20H24N4O4. The molecule has 2 aliphatic heterocycles. The number of carbonyl (C=O) groups is 2. The molecule has 4 rings (SSSR count). The van der Waals surface area contributed by atoms with Crippen LogP contribution in [0.3, 0.4) is 0 Å². The van der Waals surface area contributed by atoms with E-state index in [1.54, 1.807) is 42.2 Å². The Morgan fingerprint density at radius 3 is 2.68 bits per heavy atom. The van der Waals surface area contributed by atoms with E-state index in [0.717, 1.165) is 0 Å². The Morgan fingerprint density at radius 1 is 1.25 bits per heavy atom. The van der Waals surface area contributed by atoms with Crippen molar-refractivity contribution >= 4 is 22.7 Å². The normalized spacial score (nSPS) is 22.1. The fourth-order valence-electron chi connectivity index (χ4n) is 4.51. The number of carbonyl (C=O) groups excluding carboxylic acids is 2. The van der Waals surface area contributed by atoms with Gasteiger partial charge in [-0.1, -0.05) is 18.2 Å². The summed E-state index contributed by atoms with van der Waals surface area (Å²) in [6.07, 6.45) is 1.87. The Hall–Kier alpha value is -2.74. The van der Waals surface area contributed by atoms with Crippen molar-refractivity contribution in [1.82, 2.24) is 19.8 Å². The van der Waals surface area contributed by atoms with Crippen LogP contribution in [0, 0.1) is 5.41 Å². The number of likely N-dealkylation sites (N-methyl/N-ethyl adjacent to an activating group) is 1. The molecule has 8 nitrogen and oxygen atoms in total. The van der Waals surface area contributed by atoms with Gasteiger partial charge in [0, 0.05) is 39.2 Å². The molecule has 2 amide bonds. The number of ether oxygens (including phenoxy) is 1. The van der Waals surface area contributed by atoms with Gasteiger partial charge < -0.3 is 19.5 Å². The Balaban J connectivity index is 1.57. The number of aromatic amines is 1. The molecule has 1 aromatic carbocycles. The minimum absolute atomic E-state index is 0.0169. The number of hydrogen-bond donors (Lipinski definition) is 1. The lowest BCUT2D eigenvalue weighted by Crippen LogP contribution is -2.57. The van der Waals surface area contributed by atoms with Gasteiger partial charge in [0.25, 0.3) is 5.91 Å². The molecule has 2 saturated heterocycles. The van der Waals surface area contributed by atoms with Gasteiger partial charge in [-0.15, -0.1) is 0 Å². The zero-order valence-electron chi connectivity index (χ0n) is 16.1. The zero-order chi connectivity index (χ0) is 19.9. The quantitative estimate of drug-likeness (QED) is 0.834. The van der Waals surface area contributed by atoms with Gasteiger partial charge in [0.1, 0.15) is 5.69 Å². The third kappa shape index (κ3) is 3.07. The van der Waals surface area contributed by atoms with Crippen LogP contribution in [0.2, 0.25) is 0 Å². The van der Waals surface area contributed by atoms with Crippen LogP contribution in [-0.2, 0) is 9.53 Å². The maximum Gasteiger partial charge on any atom is 0.346 e. The largest absolute Gasteiger partial charge is 0.380 e. The van der Waals surface area contributed by atoms with Crippen LogP contribution in [0.1, 0.15) is 29.8 Å². The highest BCUT2D eigenvalue weighted by Gasteiger charge is 2.48. The van der Waals surface area contributed by atoms with Crippen molar-refractivity contribution in [3.8, 4) is 0 Å². The number of nitrogens with zero attached hydrogens (tertiary/aromatic N) is 3. The number of benzene rings is 1. The van der Waals surface area contributed by atoms with Gasteiger partial charge in [0.05, 0.1) is 17.0 Å². The van der Waals surface area contributed by atoms with E-state index in [1.807, 2.05) is 6.07 Å². The fraction of sp³-hybridized carbons (Fsp3) is 0.500. The lowest BCUT2D eigenvalue weighted by molar-refractivity contribution is -0.155. The van der Waals surface area contributed by atoms with E-state index < -0.39 is 11.1 Å². The first kappa shape index (κ1) is 18.6. The number of hydrogen-bond acceptors (Lipinski definition) is 5. The topological polar surface area (TPSA) is 95.6 Å². The van der Waals surface area contributed by atoms with Crippen LogP contribution in [0.15, 0.2) is 29.1 Å². The third-order valence-corrected chi connectivity index (χ3v) is 6.08. The SMILES string of the molecule is COC1CN(C)C(=O)C2(CCN(C(=O)c3nc(=O)[nH]c4ccccc34)CC2)C1. The number of amides is 2. The summed E-state index contributed by atoms with van der Waals surface area (Å²) in [5, 5.41) is 0.625. The van der Waals surface area contributed by atoms with E-state index >= 15 is 0 Å². The molecule has 1 spiro atoms. The molecule has 2 fully saturated rings. The molecule has 1 unspecified atom stereocenters. The maximum atomic E-state index is 13.1. The summed E-state index contributed by atoms with van der Waals surface area (Å²) < 4.78 is 5.52. The summed E-state index contributed by atoms with van der Waals surface area (Å²) in [7, 11) is 3.48. The van der Waals surface area contributed by atoms with Gasteiger partial charge in [-0.2, -0.15) is 4.98 Å². The predicted octanol–water partition coefficient (Wildman–Crippen LogP) is 1.02. The number of piperidine rings is 2. The summed E-state index contributed by atoms with van der Waals surface area (Å²) in [6, 6.07) is 7.14. The Labute approximate surface area is 162 Å². The van der Waals surface area contributed by atoms with Crippen molar-refractivity contribution in [1.29, 1.82) is 0 Å². The van der Waals surface area contributed by atoms with Crippen LogP contribution in [0.4, 0.5) is 0 Å². The van der Waals surface area contributed by atoms with E-state index in [9.17, 15) is 14.4 Å². The average Bonchev–Trinajstić information content (AvgIpc) is 2.71. The van der Waals surface area contributed by atoms with Crippen molar-refractivity contribution in [2.45, 2.75) is 25.4 Å². The molecule has 2 aromatic rings. The van der Waals surface area contributed by atoms with Crippen LogP contribution in [0.5, 0.6) is 0 Å². The molecular weight excluding hydrogens is 360 g/mol. The zero-order valence-corrected chi connectivity index (χ0v) is 16.1. The number of likely N-dealkylation sites (tertiary alicyclic amines) is 2. The van der Waals surface area contributed by atoms with Crippen molar-refractivity contribution < 1.29 is 14.3 Å². The molecule has 0 bridgehead atoms. The van der Waals surface area contributed by atoms with Crippen molar-refractivity contribution in [3.05, 3.63) is 40.4 Å². The molecule has 1 aromatic heterocycles. The van der Waals surface area contributed by atoms with Crippen LogP contribution >= 0.6 is 0 Å². The highest BCUT2D eigenvalue weighted by atomic mass is 16.5. The number of H-pyrrole nitrogens is 1. The lowest BCUT2D eigenvalue weighted by atomic mass is 9.71. The summed E-state index contributed by atoms with van der Waals surface area (Å²) in [5.41, 5.74) is -0.264. The second-order valence-corrected chi connectivity index (χ2v) is 7.76. The van der Waals surface area contributed by atoms with Gasteiger partial charge >= 0.3 is 5.69 Å². The molecule has 8 heteroatoms. The average molecular weight is 384 g/mol. The first-order chi connectivity index (χ1) is 13.4. The monoisotopic (exact) mass is 384 g/mol. The van der Waals surface area contributed by atoms with Crippen LogP contribution in [-0.4, -0.2) is 71.5 Å². The minimum atomic E-state index is -0.539. The van der Waals surface area contributed by atoms with Crippen molar-refractivity contribution in [3.63, 3.8) is 0 Å². The molecule has 3 heterocycles. The molecule has 2 aliphatic rings. The lowest BCUT2D eigenvalue weighted by Gasteiger charge is -2.47. The van der Waals surface area contributed by atoms with Gasteiger partial charge in [-0.25, -0.2) is 4.79 Å². The number of rotatable bonds is 2. The van der Waals surface area contributed by atoms with Crippen LogP contribution in [0.25, 0.3) is 10.9 Å². The molecule has 148 valence electrons. The minimum Gasteiger partial charge on any atom is -0.380 e. The molecule has 0 radical (unpaired) electrons. The first-order valence-corrected chi connectivity index (χ1v) is 9.50. The maximum absolute atomic E-state index is 13.1. The summed E-state index contributed by atoms with van der Waals surface area (Å²) >= 11 is 0. The summed E-state index contributed by atoms with van der Waals surface area (Å²) in [5.74, 6) is -0.135. The molecule has 28 heavy (non-hydrogen) atoms. The molecule has 0 saturated carbocycles. The van der Waals surface area contributed by atoms with Crippen molar-refractivity contribution in [2.24, 2.45) is 5.41 Å². The molecule has 1 N–H and O–H groups in total. The fourth-order valence-corrected chi connectivity index (χ4v) is 4.51. The highest BCUT2D eigenvalue weighted by Crippen LogP contribution is 2.41. The Kier molecular flexibility index (Phi) is 4.66. The number of aromatic nitrogens is 2. The van der Waals surface area contributed by atoms with E-state index in [1.165, 1.54) is 0 Å². The van der Waals surface area contributed by atoms with E-state index in [-0.39, 0.29) is 23.6 Å². The number of methoxy groups -OCH3 is 1. The number of fused-ring (bicyclic) bond motifs is 1. The third-order valence-electron chi connectivity index (χ3n) is 6.08. The van der Waals surface area contributed by atoms with Gasteiger partial charge in [-0.3, -0.25) is 9.59 Å². The van der Waals surface area contributed by atoms with E-state index in [0.29, 0.717) is 49.8 Å². The second kappa shape index (κ2) is 7.01. The summed E-state index contributed by atoms with van der Waals surface area (Å²) in [6.45, 7) is 1.51. The number of nitrogens with one attached hydrogen (secondary N) is 1. The molecule has 0 aliphatic carbocycles. The molecule has 1 atom stereocenters. The van der Waals surface area contributed by atoms with E-state index in [2.05, 4.69) is 9.97 Å². The number of para-hydroxylation sites is 1. The Morgan fingerprint density at radius 2 is 1.96 bits per heavy atom. The Bertz CT molecular complexity index is 978. The van der Waals surface area contributed by atoms with Gasteiger partial charge in [-0.05, 0) is 25.3 Å². The van der Waals surface area contributed by atoms with Crippen molar-refractivity contribution in [2.75, 3.05) is 33.8 Å². The first-order valence-electron chi connectivity index (χ1n) is 9.50. The second-order valence-electron chi connectivity index (χ2n) is 7.76. The van der Waals surface area contributed by atoms with Gasteiger partial charge in [0.2, 0.25) is 5.91 Å².